The van der Waals surface area contributed by atoms with Gasteiger partial charge in [-0.1, -0.05) is 24.9 Å². The number of rotatable bonds is 6. The minimum Gasteiger partial charge on any atom is -0.352 e. The van der Waals surface area contributed by atoms with Gasteiger partial charge in [0, 0.05) is 17.5 Å². The largest absolute Gasteiger partial charge is 0.352 e. The van der Waals surface area contributed by atoms with E-state index in [9.17, 15) is 9.59 Å². The van der Waals surface area contributed by atoms with E-state index < -0.39 is 0 Å². The van der Waals surface area contributed by atoms with Crippen LogP contribution in [0.3, 0.4) is 0 Å². The predicted molar refractivity (Wildman–Crippen MR) is 92.6 cm³/mol. The van der Waals surface area contributed by atoms with Crippen molar-refractivity contribution in [1.29, 1.82) is 0 Å². The quantitative estimate of drug-likeness (QED) is 0.746. The van der Waals surface area contributed by atoms with Crippen molar-refractivity contribution in [3.05, 3.63) is 28.8 Å². The first-order chi connectivity index (χ1) is 11.1. The average molecular weight is 338 g/mol. The Morgan fingerprint density at radius 3 is 2.83 bits per heavy atom. The topological polar surface area (TPSA) is 84.2 Å². The fourth-order valence-electron chi connectivity index (χ4n) is 3.04. The van der Waals surface area contributed by atoms with E-state index in [1.165, 1.54) is 0 Å². The Kier molecular flexibility index (Phi) is 6.42. The van der Waals surface area contributed by atoms with E-state index in [4.69, 9.17) is 17.3 Å². The van der Waals surface area contributed by atoms with E-state index in [1.807, 2.05) is 6.92 Å². The number of nitrogens with two attached hydrogens (primary N) is 1. The molecule has 5 nitrogen and oxygen atoms in total. The average Bonchev–Trinajstić information content (AvgIpc) is 3.01. The fraction of sp³-hybridized carbons (Fsp3) is 0.529. The van der Waals surface area contributed by atoms with E-state index in [1.54, 1.807) is 18.2 Å². The second-order valence-electron chi connectivity index (χ2n) is 5.97. The molecule has 1 fully saturated rings. The molecule has 4 N–H and O–H groups in total. The molecule has 0 radical (unpaired) electrons. The molecule has 1 saturated carbocycles. The molecule has 1 aliphatic carbocycles. The van der Waals surface area contributed by atoms with Crippen LogP contribution in [0.2, 0.25) is 5.02 Å². The van der Waals surface area contributed by atoms with Crippen LogP contribution >= 0.6 is 11.6 Å². The summed E-state index contributed by atoms with van der Waals surface area (Å²) < 4.78 is 0. The first kappa shape index (κ1) is 17.8. The highest BCUT2D eigenvalue weighted by atomic mass is 35.5. The summed E-state index contributed by atoms with van der Waals surface area (Å²) in [6.45, 7) is 3.09. The Morgan fingerprint density at radius 2 is 2.13 bits per heavy atom. The Labute approximate surface area is 142 Å². The lowest BCUT2D eigenvalue weighted by Gasteiger charge is -2.19. The summed E-state index contributed by atoms with van der Waals surface area (Å²) in [6, 6.07) is 4.90. The fourth-order valence-corrected chi connectivity index (χ4v) is 3.21. The highest BCUT2D eigenvalue weighted by Gasteiger charge is 2.32. The zero-order valence-electron chi connectivity index (χ0n) is 13.4. The first-order valence-electron chi connectivity index (χ1n) is 8.15. The number of carbonyl (C=O) groups excluding carboxylic acids is 2. The molecular formula is C17H24ClN3O2. The smallest absolute Gasteiger partial charge is 0.253 e. The summed E-state index contributed by atoms with van der Waals surface area (Å²) in [4.78, 5) is 24.8. The molecule has 0 unspecified atom stereocenters. The van der Waals surface area contributed by atoms with Crippen LogP contribution in [-0.4, -0.2) is 24.9 Å². The Balaban J connectivity index is 2.16. The molecule has 0 spiro atoms. The summed E-state index contributed by atoms with van der Waals surface area (Å²) >= 11 is 6.02. The molecule has 0 saturated heterocycles. The number of amides is 2. The van der Waals surface area contributed by atoms with Crippen LogP contribution in [0.15, 0.2) is 18.2 Å². The summed E-state index contributed by atoms with van der Waals surface area (Å²) in [5, 5.41) is 6.17. The van der Waals surface area contributed by atoms with Gasteiger partial charge in [0.1, 0.15) is 0 Å². The van der Waals surface area contributed by atoms with Crippen molar-refractivity contribution in [1.82, 2.24) is 5.32 Å². The van der Waals surface area contributed by atoms with Gasteiger partial charge in [-0.25, -0.2) is 0 Å². The SMILES string of the molecule is CCCNC(=O)c1ccc(Cl)cc1NC(=O)[C@@H]1CCC[C@@H]1CN. The van der Waals surface area contributed by atoms with E-state index >= 15 is 0 Å². The van der Waals surface area contributed by atoms with E-state index in [2.05, 4.69) is 10.6 Å². The van der Waals surface area contributed by atoms with Gasteiger partial charge in [0.05, 0.1) is 11.3 Å². The van der Waals surface area contributed by atoms with Crippen LogP contribution in [0.4, 0.5) is 5.69 Å². The van der Waals surface area contributed by atoms with Crippen molar-refractivity contribution in [2.24, 2.45) is 17.6 Å². The number of benzene rings is 1. The number of hydrogen-bond donors (Lipinski definition) is 3. The molecule has 23 heavy (non-hydrogen) atoms. The maximum absolute atomic E-state index is 12.5. The summed E-state index contributed by atoms with van der Waals surface area (Å²) in [5.41, 5.74) is 6.63. The normalized spacial score (nSPS) is 20.3. The van der Waals surface area contributed by atoms with Gasteiger partial charge < -0.3 is 16.4 Å². The molecule has 2 rings (SSSR count). The molecular weight excluding hydrogens is 314 g/mol. The lowest BCUT2D eigenvalue weighted by molar-refractivity contribution is -0.120. The van der Waals surface area contributed by atoms with Gasteiger partial charge in [-0.3, -0.25) is 9.59 Å². The maximum atomic E-state index is 12.5. The number of carbonyl (C=O) groups is 2. The van der Waals surface area contributed by atoms with Gasteiger partial charge in [0.25, 0.3) is 5.91 Å². The highest BCUT2D eigenvalue weighted by molar-refractivity contribution is 6.31. The predicted octanol–water partition coefficient (Wildman–Crippen LogP) is 2.79. The van der Waals surface area contributed by atoms with Crippen molar-refractivity contribution >= 4 is 29.1 Å². The zero-order valence-corrected chi connectivity index (χ0v) is 14.2. The first-order valence-corrected chi connectivity index (χ1v) is 8.53. The second-order valence-corrected chi connectivity index (χ2v) is 6.40. The van der Waals surface area contributed by atoms with Crippen molar-refractivity contribution in [3.63, 3.8) is 0 Å². The molecule has 6 heteroatoms. The van der Waals surface area contributed by atoms with Gasteiger partial charge in [0.15, 0.2) is 0 Å². The van der Waals surface area contributed by atoms with Crippen molar-refractivity contribution in [2.75, 3.05) is 18.4 Å². The van der Waals surface area contributed by atoms with Gasteiger partial charge in [-0.2, -0.15) is 0 Å². The third-order valence-electron chi connectivity index (χ3n) is 4.32. The number of nitrogens with one attached hydrogen (secondary N) is 2. The standard InChI is InChI=1S/C17H24ClN3O2/c1-2-8-20-16(22)14-7-6-12(18)9-15(14)21-17(23)13-5-3-4-11(13)10-19/h6-7,9,11,13H,2-5,8,10,19H2,1H3,(H,20,22)(H,21,23)/t11-,13-/m1/s1. The third kappa shape index (κ3) is 4.45. The third-order valence-corrected chi connectivity index (χ3v) is 4.55. The molecule has 126 valence electrons. The van der Waals surface area contributed by atoms with Crippen LogP contribution in [0, 0.1) is 11.8 Å². The van der Waals surface area contributed by atoms with Gasteiger partial charge >= 0.3 is 0 Å². The number of anilines is 1. The molecule has 1 aliphatic rings. The maximum Gasteiger partial charge on any atom is 0.253 e. The molecule has 1 aromatic rings. The number of hydrogen-bond acceptors (Lipinski definition) is 3. The molecule has 1 aromatic carbocycles. The molecule has 0 heterocycles. The molecule has 2 atom stereocenters. The minimum atomic E-state index is -0.208. The van der Waals surface area contributed by atoms with Crippen LogP contribution in [0.1, 0.15) is 43.0 Å². The van der Waals surface area contributed by atoms with E-state index in [-0.39, 0.29) is 23.7 Å². The lowest BCUT2D eigenvalue weighted by Crippen LogP contribution is -2.31. The Hall–Kier alpha value is -1.59. The molecule has 2 amide bonds. The van der Waals surface area contributed by atoms with Crippen LogP contribution < -0.4 is 16.4 Å². The van der Waals surface area contributed by atoms with E-state index in [0.29, 0.717) is 29.4 Å². The van der Waals surface area contributed by atoms with Crippen molar-refractivity contribution in [2.45, 2.75) is 32.6 Å². The van der Waals surface area contributed by atoms with Gasteiger partial charge in [0.2, 0.25) is 5.91 Å². The zero-order chi connectivity index (χ0) is 16.8. The Bertz CT molecular complexity index is 577. The van der Waals surface area contributed by atoms with Crippen LogP contribution in [0.25, 0.3) is 0 Å². The van der Waals surface area contributed by atoms with Crippen LogP contribution in [0.5, 0.6) is 0 Å². The lowest BCUT2D eigenvalue weighted by atomic mass is 9.95. The highest BCUT2D eigenvalue weighted by Crippen LogP contribution is 2.32. The number of halogens is 1. The van der Waals surface area contributed by atoms with Gasteiger partial charge in [-0.05, 0) is 49.9 Å². The monoisotopic (exact) mass is 337 g/mol. The van der Waals surface area contributed by atoms with Crippen LogP contribution in [-0.2, 0) is 4.79 Å². The van der Waals surface area contributed by atoms with Crippen molar-refractivity contribution < 1.29 is 9.59 Å². The van der Waals surface area contributed by atoms with Gasteiger partial charge in [-0.15, -0.1) is 0 Å². The summed E-state index contributed by atoms with van der Waals surface area (Å²) in [7, 11) is 0. The van der Waals surface area contributed by atoms with E-state index in [0.717, 1.165) is 25.7 Å². The molecule has 0 aromatic heterocycles. The van der Waals surface area contributed by atoms with Crippen molar-refractivity contribution in [3.8, 4) is 0 Å². The second kappa shape index (κ2) is 8.31. The molecule has 0 aliphatic heterocycles. The summed E-state index contributed by atoms with van der Waals surface area (Å²) in [5.74, 6) is -0.164. The Morgan fingerprint density at radius 1 is 1.35 bits per heavy atom. The molecule has 0 bridgehead atoms. The minimum absolute atomic E-state index is 0.0789. The summed E-state index contributed by atoms with van der Waals surface area (Å²) in [6.07, 6.45) is 3.68.